The smallest absolute Gasteiger partial charge is 0.161 e. The SMILES string of the molecule is Cc1cc2ccc(N)nc2nc1C. The van der Waals surface area contributed by atoms with Crippen LogP contribution in [0.2, 0.25) is 0 Å². The molecule has 0 unspecified atom stereocenters. The molecule has 0 radical (unpaired) electrons. The maximum Gasteiger partial charge on any atom is 0.161 e. The lowest BCUT2D eigenvalue weighted by molar-refractivity contribution is 1.16. The third-order valence-corrected chi connectivity index (χ3v) is 2.14. The van der Waals surface area contributed by atoms with E-state index in [2.05, 4.69) is 16.0 Å². The molecule has 0 fully saturated rings. The Labute approximate surface area is 76.6 Å². The van der Waals surface area contributed by atoms with Crippen LogP contribution in [0.15, 0.2) is 18.2 Å². The number of nitrogens with two attached hydrogens (primary N) is 1. The second-order valence-electron chi connectivity index (χ2n) is 3.17. The monoisotopic (exact) mass is 173 g/mol. The van der Waals surface area contributed by atoms with Gasteiger partial charge in [0.2, 0.25) is 0 Å². The van der Waals surface area contributed by atoms with Crippen molar-refractivity contribution < 1.29 is 0 Å². The van der Waals surface area contributed by atoms with Gasteiger partial charge in [0.25, 0.3) is 0 Å². The molecular formula is C10H11N3. The Balaban J connectivity index is 2.81. The van der Waals surface area contributed by atoms with Crippen molar-refractivity contribution in [2.24, 2.45) is 0 Å². The summed E-state index contributed by atoms with van der Waals surface area (Å²) in [6.07, 6.45) is 0. The van der Waals surface area contributed by atoms with E-state index in [1.165, 1.54) is 5.56 Å². The fourth-order valence-corrected chi connectivity index (χ4v) is 1.26. The minimum absolute atomic E-state index is 0.517. The van der Waals surface area contributed by atoms with E-state index < -0.39 is 0 Å². The molecule has 0 aliphatic rings. The van der Waals surface area contributed by atoms with Gasteiger partial charge in [0.05, 0.1) is 0 Å². The predicted octanol–water partition coefficient (Wildman–Crippen LogP) is 1.83. The van der Waals surface area contributed by atoms with Crippen LogP contribution in [0.5, 0.6) is 0 Å². The van der Waals surface area contributed by atoms with Gasteiger partial charge in [0.1, 0.15) is 5.82 Å². The molecule has 0 saturated heterocycles. The molecule has 0 aromatic carbocycles. The molecule has 2 aromatic rings. The van der Waals surface area contributed by atoms with Gasteiger partial charge in [-0.1, -0.05) is 0 Å². The zero-order chi connectivity index (χ0) is 9.42. The molecule has 0 amide bonds. The molecule has 2 N–H and O–H groups in total. The Bertz CT molecular complexity index is 463. The highest BCUT2D eigenvalue weighted by atomic mass is 14.9. The van der Waals surface area contributed by atoms with E-state index in [1.54, 1.807) is 6.07 Å². The van der Waals surface area contributed by atoms with Gasteiger partial charge in [-0.2, -0.15) is 0 Å². The molecule has 0 atom stereocenters. The van der Waals surface area contributed by atoms with Crippen molar-refractivity contribution in [3.05, 3.63) is 29.5 Å². The van der Waals surface area contributed by atoms with Crippen molar-refractivity contribution in [3.63, 3.8) is 0 Å². The van der Waals surface area contributed by atoms with Crippen LogP contribution in [0.3, 0.4) is 0 Å². The van der Waals surface area contributed by atoms with Gasteiger partial charge in [-0.15, -0.1) is 0 Å². The van der Waals surface area contributed by atoms with Crippen molar-refractivity contribution in [3.8, 4) is 0 Å². The van der Waals surface area contributed by atoms with Gasteiger partial charge >= 0.3 is 0 Å². The first kappa shape index (κ1) is 7.98. The van der Waals surface area contributed by atoms with Crippen molar-refractivity contribution in [1.82, 2.24) is 9.97 Å². The Morgan fingerprint density at radius 1 is 1.15 bits per heavy atom. The molecule has 2 aromatic heterocycles. The molecule has 3 nitrogen and oxygen atoms in total. The molecule has 0 spiro atoms. The number of hydrogen-bond acceptors (Lipinski definition) is 3. The summed E-state index contributed by atoms with van der Waals surface area (Å²) in [5.74, 6) is 0.517. The van der Waals surface area contributed by atoms with Crippen LogP contribution >= 0.6 is 0 Å². The van der Waals surface area contributed by atoms with Crippen LogP contribution in [0, 0.1) is 13.8 Å². The van der Waals surface area contributed by atoms with Crippen molar-refractivity contribution in [1.29, 1.82) is 0 Å². The Hall–Kier alpha value is -1.64. The Morgan fingerprint density at radius 3 is 2.69 bits per heavy atom. The van der Waals surface area contributed by atoms with Crippen LogP contribution < -0.4 is 5.73 Å². The highest BCUT2D eigenvalue weighted by Gasteiger charge is 2.00. The zero-order valence-corrected chi connectivity index (χ0v) is 7.70. The fourth-order valence-electron chi connectivity index (χ4n) is 1.26. The van der Waals surface area contributed by atoms with Gasteiger partial charge in [-0.05, 0) is 37.6 Å². The summed E-state index contributed by atoms with van der Waals surface area (Å²) in [7, 11) is 0. The molecule has 0 aliphatic heterocycles. The van der Waals surface area contributed by atoms with Crippen molar-refractivity contribution >= 4 is 16.9 Å². The number of pyridine rings is 2. The van der Waals surface area contributed by atoms with Crippen LogP contribution in [-0.4, -0.2) is 9.97 Å². The van der Waals surface area contributed by atoms with Crippen LogP contribution in [0.25, 0.3) is 11.0 Å². The highest BCUT2D eigenvalue weighted by Crippen LogP contribution is 2.15. The number of fused-ring (bicyclic) bond motifs is 1. The standard InChI is InChI=1S/C10H11N3/c1-6-5-8-3-4-9(11)13-10(8)12-7(6)2/h3-5H,1-2H3,(H2,11,12,13). The highest BCUT2D eigenvalue weighted by molar-refractivity contribution is 5.77. The molecule has 66 valence electrons. The molecular weight excluding hydrogens is 162 g/mol. The predicted molar refractivity (Wildman–Crippen MR) is 53.4 cm³/mol. The van der Waals surface area contributed by atoms with Gasteiger partial charge in [-0.25, -0.2) is 9.97 Å². The van der Waals surface area contributed by atoms with E-state index in [4.69, 9.17) is 5.73 Å². The summed E-state index contributed by atoms with van der Waals surface area (Å²) < 4.78 is 0. The van der Waals surface area contributed by atoms with Gasteiger partial charge in [0, 0.05) is 11.1 Å². The average molecular weight is 173 g/mol. The number of aromatic nitrogens is 2. The largest absolute Gasteiger partial charge is 0.384 e. The fraction of sp³-hybridized carbons (Fsp3) is 0.200. The van der Waals surface area contributed by atoms with Gasteiger partial charge < -0.3 is 5.73 Å². The number of nitrogen functional groups attached to an aromatic ring is 1. The van der Waals surface area contributed by atoms with Crippen LogP contribution in [0.1, 0.15) is 11.3 Å². The third kappa shape index (κ3) is 1.33. The summed E-state index contributed by atoms with van der Waals surface area (Å²) in [5.41, 5.74) is 8.47. The third-order valence-electron chi connectivity index (χ3n) is 2.14. The summed E-state index contributed by atoms with van der Waals surface area (Å²) in [6, 6.07) is 5.81. The number of hydrogen-bond donors (Lipinski definition) is 1. The minimum atomic E-state index is 0.517. The molecule has 0 bridgehead atoms. The lowest BCUT2D eigenvalue weighted by Crippen LogP contribution is -1.94. The molecule has 0 saturated carbocycles. The lowest BCUT2D eigenvalue weighted by Gasteiger charge is -2.02. The summed E-state index contributed by atoms with van der Waals surface area (Å²) >= 11 is 0. The Morgan fingerprint density at radius 2 is 1.92 bits per heavy atom. The maximum atomic E-state index is 5.56. The van der Waals surface area contributed by atoms with E-state index >= 15 is 0 Å². The molecule has 13 heavy (non-hydrogen) atoms. The number of rotatable bonds is 0. The molecule has 0 aliphatic carbocycles. The first-order valence-corrected chi connectivity index (χ1v) is 4.17. The average Bonchev–Trinajstić information content (AvgIpc) is 2.08. The van der Waals surface area contributed by atoms with E-state index in [-0.39, 0.29) is 0 Å². The van der Waals surface area contributed by atoms with Crippen molar-refractivity contribution in [2.75, 3.05) is 5.73 Å². The van der Waals surface area contributed by atoms with E-state index in [9.17, 15) is 0 Å². The van der Waals surface area contributed by atoms with Gasteiger partial charge in [0.15, 0.2) is 5.65 Å². The lowest BCUT2D eigenvalue weighted by atomic mass is 10.2. The molecule has 2 rings (SSSR count). The minimum Gasteiger partial charge on any atom is -0.384 e. The Kier molecular flexibility index (Phi) is 1.65. The maximum absolute atomic E-state index is 5.56. The number of aryl methyl sites for hydroxylation is 2. The topological polar surface area (TPSA) is 51.8 Å². The van der Waals surface area contributed by atoms with E-state index in [1.807, 2.05) is 19.9 Å². The summed E-state index contributed by atoms with van der Waals surface area (Å²) in [6.45, 7) is 4.01. The number of nitrogens with zero attached hydrogens (tertiary/aromatic N) is 2. The first-order chi connectivity index (χ1) is 6.16. The molecule has 2 heterocycles. The first-order valence-electron chi connectivity index (χ1n) is 4.17. The number of anilines is 1. The van der Waals surface area contributed by atoms with E-state index in [0.29, 0.717) is 5.82 Å². The van der Waals surface area contributed by atoms with Gasteiger partial charge in [-0.3, -0.25) is 0 Å². The second-order valence-corrected chi connectivity index (χ2v) is 3.17. The quantitative estimate of drug-likeness (QED) is 0.661. The normalized spacial score (nSPS) is 10.6. The summed E-state index contributed by atoms with van der Waals surface area (Å²) in [4.78, 5) is 8.49. The zero-order valence-electron chi connectivity index (χ0n) is 7.70. The van der Waals surface area contributed by atoms with Crippen LogP contribution in [0.4, 0.5) is 5.82 Å². The van der Waals surface area contributed by atoms with Crippen molar-refractivity contribution in [2.45, 2.75) is 13.8 Å². The summed E-state index contributed by atoms with van der Waals surface area (Å²) in [5, 5.41) is 1.04. The molecule has 3 heteroatoms. The van der Waals surface area contributed by atoms with Crippen LogP contribution in [-0.2, 0) is 0 Å². The second kappa shape index (κ2) is 2.69. The van der Waals surface area contributed by atoms with E-state index in [0.717, 1.165) is 16.7 Å².